The Morgan fingerprint density at radius 3 is 2.81 bits per heavy atom. The summed E-state index contributed by atoms with van der Waals surface area (Å²) in [5.41, 5.74) is 1.41. The van der Waals surface area contributed by atoms with Crippen LogP contribution in [0, 0.1) is 0 Å². The summed E-state index contributed by atoms with van der Waals surface area (Å²) < 4.78 is 0. The molecule has 2 aromatic heterocycles. The summed E-state index contributed by atoms with van der Waals surface area (Å²) in [5.74, 6) is 0.203. The molecule has 2 aromatic rings. The number of fused-ring (bicyclic) bond motifs is 1. The Labute approximate surface area is 103 Å². The van der Waals surface area contributed by atoms with Crippen molar-refractivity contribution in [2.45, 2.75) is 25.7 Å². The molecular formula is C13H12OS2. The van der Waals surface area contributed by atoms with Gasteiger partial charge in [0.25, 0.3) is 0 Å². The van der Waals surface area contributed by atoms with Crippen LogP contribution in [0.3, 0.4) is 0 Å². The van der Waals surface area contributed by atoms with Crippen molar-refractivity contribution in [2.24, 2.45) is 0 Å². The molecule has 0 radical (unpaired) electrons. The molecule has 2 heterocycles. The third-order valence-electron chi connectivity index (χ3n) is 2.97. The van der Waals surface area contributed by atoms with Gasteiger partial charge in [-0.2, -0.15) is 0 Å². The van der Waals surface area contributed by atoms with Crippen molar-refractivity contribution in [1.82, 2.24) is 0 Å². The van der Waals surface area contributed by atoms with Gasteiger partial charge in [-0.15, -0.1) is 22.7 Å². The molecular weight excluding hydrogens is 236 g/mol. The Morgan fingerprint density at radius 2 is 2.06 bits per heavy atom. The molecule has 1 aliphatic rings. The normalized spacial score (nSPS) is 14.8. The fraction of sp³-hybridized carbons (Fsp3) is 0.308. The van der Waals surface area contributed by atoms with E-state index in [4.69, 9.17) is 0 Å². The van der Waals surface area contributed by atoms with Gasteiger partial charge in [-0.3, -0.25) is 4.79 Å². The molecule has 0 spiro atoms. The number of ketones is 1. The Morgan fingerprint density at radius 1 is 1.19 bits per heavy atom. The molecule has 0 N–H and O–H groups in total. The predicted octanol–water partition coefficient (Wildman–Crippen LogP) is 3.92. The highest BCUT2D eigenvalue weighted by atomic mass is 32.1. The molecule has 0 saturated carbocycles. The number of carbonyl (C=O) groups is 1. The van der Waals surface area contributed by atoms with Crippen LogP contribution in [0.4, 0.5) is 0 Å². The summed E-state index contributed by atoms with van der Waals surface area (Å²) in [5, 5.41) is 1.96. The van der Waals surface area contributed by atoms with Crippen molar-refractivity contribution < 1.29 is 4.79 Å². The van der Waals surface area contributed by atoms with Crippen LogP contribution in [0.1, 0.15) is 37.8 Å². The van der Waals surface area contributed by atoms with Gasteiger partial charge in [0.2, 0.25) is 5.78 Å². The molecule has 3 rings (SSSR count). The zero-order chi connectivity index (χ0) is 11.0. The van der Waals surface area contributed by atoms with Crippen LogP contribution in [0.5, 0.6) is 0 Å². The first-order valence-corrected chi connectivity index (χ1v) is 7.24. The molecule has 0 atom stereocenters. The molecule has 0 aromatic carbocycles. The van der Waals surface area contributed by atoms with Crippen LogP contribution in [-0.2, 0) is 12.8 Å². The van der Waals surface area contributed by atoms with E-state index >= 15 is 0 Å². The smallest absolute Gasteiger partial charge is 0.212 e. The first-order chi connectivity index (χ1) is 7.84. The van der Waals surface area contributed by atoms with E-state index < -0.39 is 0 Å². The van der Waals surface area contributed by atoms with E-state index in [2.05, 4.69) is 6.07 Å². The summed E-state index contributed by atoms with van der Waals surface area (Å²) in [6.07, 6.45) is 4.87. The Bertz CT molecular complexity index is 485. The molecule has 3 heteroatoms. The van der Waals surface area contributed by atoms with E-state index in [0.717, 1.165) is 22.6 Å². The lowest BCUT2D eigenvalue weighted by Crippen LogP contribution is -1.97. The predicted molar refractivity (Wildman–Crippen MR) is 68.7 cm³/mol. The highest BCUT2D eigenvalue weighted by molar-refractivity contribution is 7.16. The van der Waals surface area contributed by atoms with Gasteiger partial charge in [0, 0.05) is 4.88 Å². The largest absolute Gasteiger partial charge is 0.287 e. The Hall–Kier alpha value is -0.930. The maximum absolute atomic E-state index is 12.1. The second-order valence-corrected chi connectivity index (χ2v) is 6.16. The Kier molecular flexibility index (Phi) is 2.65. The third-order valence-corrected chi connectivity index (χ3v) is 5.07. The van der Waals surface area contributed by atoms with Gasteiger partial charge in [0.15, 0.2) is 0 Å². The van der Waals surface area contributed by atoms with Gasteiger partial charge < -0.3 is 0 Å². The highest BCUT2D eigenvalue weighted by Crippen LogP contribution is 2.31. The van der Waals surface area contributed by atoms with E-state index in [1.54, 1.807) is 11.3 Å². The average Bonchev–Trinajstić information content (AvgIpc) is 2.97. The van der Waals surface area contributed by atoms with E-state index in [1.165, 1.54) is 34.6 Å². The van der Waals surface area contributed by atoms with Gasteiger partial charge in [0.1, 0.15) is 0 Å². The number of thiophene rings is 2. The zero-order valence-corrected chi connectivity index (χ0v) is 10.5. The molecule has 0 bridgehead atoms. The van der Waals surface area contributed by atoms with Crippen molar-refractivity contribution in [3.63, 3.8) is 0 Å². The van der Waals surface area contributed by atoms with Crippen LogP contribution in [0.2, 0.25) is 0 Å². The van der Waals surface area contributed by atoms with Gasteiger partial charge in [-0.25, -0.2) is 0 Å². The highest BCUT2D eigenvalue weighted by Gasteiger charge is 2.18. The molecule has 0 fully saturated rings. The second-order valence-electron chi connectivity index (χ2n) is 4.07. The van der Waals surface area contributed by atoms with Gasteiger partial charge in [-0.05, 0) is 48.8 Å². The van der Waals surface area contributed by atoms with Crippen molar-refractivity contribution in [3.05, 3.63) is 43.8 Å². The van der Waals surface area contributed by atoms with Crippen molar-refractivity contribution in [1.29, 1.82) is 0 Å². The molecule has 0 saturated heterocycles. The van der Waals surface area contributed by atoms with Crippen LogP contribution < -0.4 is 0 Å². The maximum atomic E-state index is 12.1. The zero-order valence-electron chi connectivity index (χ0n) is 8.86. The molecule has 0 amide bonds. The minimum Gasteiger partial charge on any atom is -0.287 e. The summed E-state index contributed by atoms with van der Waals surface area (Å²) in [7, 11) is 0. The number of hydrogen-bond acceptors (Lipinski definition) is 3. The molecule has 0 unspecified atom stereocenters. The van der Waals surface area contributed by atoms with E-state index in [1.807, 2.05) is 17.5 Å². The molecule has 0 aliphatic heterocycles. The summed E-state index contributed by atoms with van der Waals surface area (Å²) >= 11 is 3.23. The number of hydrogen-bond donors (Lipinski definition) is 0. The van der Waals surface area contributed by atoms with Crippen LogP contribution in [-0.4, -0.2) is 5.78 Å². The van der Waals surface area contributed by atoms with Crippen LogP contribution in [0.15, 0.2) is 23.6 Å². The minimum atomic E-state index is 0.203. The van der Waals surface area contributed by atoms with E-state index in [-0.39, 0.29) is 5.78 Å². The van der Waals surface area contributed by atoms with E-state index in [0.29, 0.717) is 0 Å². The SMILES string of the molecule is O=C(c1cccs1)c1cc2c(s1)CCCC2. The van der Waals surface area contributed by atoms with Gasteiger partial charge in [0.05, 0.1) is 9.75 Å². The van der Waals surface area contributed by atoms with Crippen LogP contribution in [0.25, 0.3) is 0 Å². The fourth-order valence-electron chi connectivity index (χ4n) is 2.13. The molecule has 1 nitrogen and oxygen atoms in total. The van der Waals surface area contributed by atoms with E-state index in [9.17, 15) is 4.79 Å². The number of carbonyl (C=O) groups excluding carboxylic acids is 1. The Balaban J connectivity index is 1.95. The van der Waals surface area contributed by atoms with Crippen LogP contribution >= 0.6 is 22.7 Å². The standard InChI is InChI=1S/C13H12OS2/c14-13(11-6-3-7-15-11)12-8-9-4-1-2-5-10(9)16-12/h3,6-8H,1-2,4-5H2. The lowest BCUT2D eigenvalue weighted by molar-refractivity contribution is 0.104. The first-order valence-electron chi connectivity index (χ1n) is 5.54. The molecule has 82 valence electrons. The molecule has 16 heavy (non-hydrogen) atoms. The van der Waals surface area contributed by atoms with Gasteiger partial charge in [-0.1, -0.05) is 6.07 Å². The lowest BCUT2D eigenvalue weighted by atomic mass is 9.99. The molecule has 1 aliphatic carbocycles. The van der Waals surface area contributed by atoms with Crippen molar-refractivity contribution >= 4 is 28.5 Å². The van der Waals surface area contributed by atoms with Crippen molar-refractivity contribution in [2.75, 3.05) is 0 Å². The fourth-order valence-corrected chi connectivity index (χ4v) is 4.08. The number of aryl methyl sites for hydroxylation is 2. The average molecular weight is 248 g/mol. The number of rotatable bonds is 2. The summed E-state index contributed by atoms with van der Waals surface area (Å²) in [6, 6.07) is 5.96. The lowest BCUT2D eigenvalue weighted by Gasteiger charge is -2.08. The minimum absolute atomic E-state index is 0.203. The van der Waals surface area contributed by atoms with Gasteiger partial charge >= 0.3 is 0 Å². The maximum Gasteiger partial charge on any atom is 0.212 e. The quantitative estimate of drug-likeness (QED) is 0.736. The summed E-state index contributed by atoms with van der Waals surface area (Å²) in [6.45, 7) is 0. The topological polar surface area (TPSA) is 17.1 Å². The third kappa shape index (κ3) is 1.74. The monoisotopic (exact) mass is 248 g/mol. The summed E-state index contributed by atoms with van der Waals surface area (Å²) in [4.78, 5) is 15.4. The van der Waals surface area contributed by atoms with Crippen molar-refractivity contribution in [3.8, 4) is 0 Å². The second kappa shape index (κ2) is 4.15. The first kappa shape index (κ1) is 10.2.